The summed E-state index contributed by atoms with van der Waals surface area (Å²) in [5, 5.41) is 2.19. The fourth-order valence-electron chi connectivity index (χ4n) is 3.42. The molecule has 0 unspecified atom stereocenters. The van der Waals surface area contributed by atoms with E-state index in [0.29, 0.717) is 28.3 Å². The summed E-state index contributed by atoms with van der Waals surface area (Å²) in [6.07, 6.45) is 1.37. The first-order valence-corrected chi connectivity index (χ1v) is 10.4. The predicted molar refractivity (Wildman–Crippen MR) is 124 cm³/mol. The number of ether oxygens (including phenoxy) is 2. The molecule has 0 saturated carbocycles. The van der Waals surface area contributed by atoms with Crippen molar-refractivity contribution in [1.29, 1.82) is 0 Å². The summed E-state index contributed by atoms with van der Waals surface area (Å²) in [4.78, 5) is 38.7. The Morgan fingerprint density at radius 3 is 2.41 bits per heavy atom. The topological polar surface area (TPSA) is 84.9 Å². The van der Waals surface area contributed by atoms with Crippen LogP contribution in [0.2, 0.25) is 0 Å². The van der Waals surface area contributed by atoms with Crippen molar-refractivity contribution in [1.82, 2.24) is 5.32 Å². The van der Waals surface area contributed by atoms with Gasteiger partial charge < -0.3 is 9.47 Å². The van der Waals surface area contributed by atoms with E-state index in [2.05, 4.69) is 5.32 Å². The molecule has 1 N–H and O–H groups in total. The number of carbonyl (C=O) groups is 3. The number of amides is 4. The molecule has 0 aliphatic carbocycles. The minimum absolute atomic E-state index is 0.00200. The van der Waals surface area contributed by atoms with Crippen LogP contribution in [0.1, 0.15) is 16.7 Å². The number of imide groups is 2. The normalized spacial score (nSPS) is 14.9. The molecule has 3 aromatic rings. The molecule has 0 radical (unpaired) electrons. The molecule has 4 rings (SSSR count). The smallest absolute Gasteiger partial charge is 0.335 e. The Labute approximate surface area is 195 Å². The SMILES string of the molecule is COc1cc(/C=C2\C(=O)NC(=O)N(c3ccc(C)cc3)C2=O)ccc1OCc1ccccc1F. The lowest BCUT2D eigenvalue weighted by atomic mass is 10.1. The van der Waals surface area contributed by atoms with Gasteiger partial charge in [-0.2, -0.15) is 0 Å². The van der Waals surface area contributed by atoms with Crippen molar-refractivity contribution in [2.45, 2.75) is 13.5 Å². The zero-order valence-corrected chi connectivity index (χ0v) is 18.5. The van der Waals surface area contributed by atoms with E-state index in [4.69, 9.17) is 9.47 Å². The van der Waals surface area contributed by atoms with Crippen LogP contribution in [0.4, 0.5) is 14.9 Å². The average molecular weight is 460 g/mol. The van der Waals surface area contributed by atoms with Crippen LogP contribution in [0.5, 0.6) is 11.5 Å². The quantitative estimate of drug-likeness (QED) is 0.436. The molecule has 0 atom stereocenters. The molecule has 0 spiro atoms. The van der Waals surface area contributed by atoms with Gasteiger partial charge in [0.15, 0.2) is 11.5 Å². The number of anilines is 1. The van der Waals surface area contributed by atoms with Gasteiger partial charge in [0, 0.05) is 5.56 Å². The highest BCUT2D eigenvalue weighted by Crippen LogP contribution is 2.31. The number of aryl methyl sites for hydroxylation is 1. The van der Waals surface area contributed by atoms with Crippen LogP contribution in [0, 0.1) is 12.7 Å². The van der Waals surface area contributed by atoms with Crippen molar-refractivity contribution >= 4 is 29.6 Å². The van der Waals surface area contributed by atoms with Gasteiger partial charge in [0.25, 0.3) is 11.8 Å². The van der Waals surface area contributed by atoms with Crippen LogP contribution < -0.4 is 19.7 Å². The standard InChI is InChI=1S/C26H21FN2O5/c1-16-7-10-19(11-8-16)29-25(31)20(24(30)28-26(29)32)13-17-9-12-22(23(14-17)33-2)34-15-18-5-3-4-6-21(18)27/h3-14H,15H2,1-2H3,(H,28,30,32)/b20-13+. The highest BCUT2D eigenvalue weighted by atomic mass is 19.1. The molecule has 7 nitrogen and oxygen atoms in total. The first-order valence-electron chi connectivity index (χ1n) is 10.4. The Balaban J connectivity index is 1.60. The minimum Gasteiger partial charge on any atom is -0.493 e. The molecule has 0 bridgehead atoms. The summed E-state index contributed by atoms with van der Waals surface area (Å²) in [7, 11) is 1.44. The Hall–Kier alpha value is -4.46. The highest BCUT2D eigenvalue weighted by molar-refractivity contribution is 6.39. The zero-order chi connectivity index (χ0) is 24.2. The van der Waals surface area contributed by atoms with Gasteiger partial charge in [0.1, 0.15) is 18.0 Å². The van der Waals surface area contributed by atoms with Gasteiger partial charge in [-0.1, -0.05) is 42.0 Å². The number of halogens is 1. The average Bonchev–Trinajstić information content (AvgIpc) is 2.82. The molecule has 1 aliphatic heterocycles. The molecular weight excluding hydrogens is 439 g/mol. The third kappa shape index (κ3) is 4.66. The summed E-state index contributed by atoms with van der Waals surface area (Å²) in [6, 6.07) is 17.1. The second-order valence-corrected chi connectivity index (χ2v) is 7.58. The number of carbonyl (C=O) groups excluding carboxylic acids is 3. The molecule has 172 valence electrons. The Morgan fingerprint density at radius 1 is 0.971 bits per heavy atom. The third-order valence-electron chi connectivity index (χ3n) is 5.23. The predicted octanol–water partition coefficient (Wildman–Crippen LogP) is 4.39. The van der Waals surface area contributed by atoms with Crippen LogP contribution in [0.25, 0.3) is 6.08 Å². The van der Waals surface area contributed by atoms with E-state index >= 15 is 0 Å². The molecule has 1 aliphatic rings. The van der Waals surface area contributed by atoms with Gasteiger partial charge in [-0.15, -0.1) is 0 Å². The maximum absolute atomic E-state index is 13.9. The monoisotopic (exact) mass is 460 g/mol. The Morgan fingerprint density at radius 2 is 1.71 bits per heavy atom. The maximum Gasteiger partial charge on any atom is 0.335 e. The summed E-state index contributed by atoms with van der Waals surface area (Å²) < 4.78 is 24.9. The van der Waals surface area contributed by atoms with Gasteiger partial charge in [-0.3, -0.25) is 14.9 Å². The number of hydrogen-bond acceptors (Lipinski definition) is 5. The second kappa shape index (κ2) is 9.58. The van der Waals surface area contributed by atoms with E-state index in [0.717, 1.165) is 10.5 Å². The van der Waals surface area contributed by atoms with Gasteiger partial charge >= 0.3 is 6.03 Å². The molecule has 1 heterocycles. The summed E-state index contributed by atoms with van der Waals surface area (Å²) in [5.74, 6) is -1.21. The molecule has 8 heteroatoms. The van der Waals surface area contributed by atoms with Crippen molar-refractivity contribution in [3.05, 3.63) is 94.8 Å². The highest BCUT2D eigenvalue weighted by Gasteiger charge is 2.36. The lowest BCUT2D eigenvalue weighted by Crippen LogP contribution is -2.54. The summed E-state index contributed by atoms with van der Waals surface area (Å²) >= 11 is 0. The van der Waals surface area contributed by atoms with Crippen LogP contribution in [-0.2, 0) is 16.2 Å². The maximum atomic E-state index is 13.9. The fourth-order valence-corrected chi connectivity index (χ4v) is 3.42. The van der Waals surface area contributed by atoms with Gasteiger partial charge in [0.2, 0.25) is 0 Å². The van der Waals surface area contributed by atoms with E-state index in [9.17, 15) is 18.8 Å². The number of nitrogens with zero attached hydrogens (tertiary/aromatic N) is 1. The van der Waals surface area contributed by atoms with Crippen LogP contribution in [0.3, 0.4) is 0 Å². The van der Waals surface area contributed by atoms with Gasteiger partial charge in [-0.25, -0.2) is 14.1 Å². The van der Waals surface area contributed by atoms with Crippen LogP contribution in [0.15, 0.2) is 72.3 Å². The number of benzene rings is 3. The van der Waals surface area contributed by atoms with E-state index in [1.54, 1.807) is 60.7 Å². The van der Waals surface area contributed by atoms with Crippen LogP contribution >= 0.6 is 0 Å². The zero-order valence-electron chi connectivity index (χ0n) is 18.5. The molecular formula is C26H21FN2O5. The Bertz CT molecular complexity index is 1300. The minimum atomic E-state index is -0.814. The van der Waals surface area contributed by atoms with Crippen molar-refractivity contribution in [2.75, 3.05) is 12.0 Å². The van der Waals surface area contributed by atoms with Crippen molar-refractivity contribution in [3.63, 3.8) is 0 Å². The molecule has 1 saturated heterocycles. The molecule has 1 fully saturated rings. The largest absolute Gasteiger partial charge is 0.493 e. The number of barbiturate groups is 1. The first kappa shape index (κ1) is 22.7. The number of rotatable bonds is 6. The van der Waals surface area contributed by atoms with Gasteiger partial charge in [0.05, 0.1) is 12.8 Å². The summed E-state index contributed by atoms with van der Waals surface area (Å²) in [6.45, 7) is 1.88. The van der Waals surface area contributed by atoms with E-state index in [1.807, 2.05) is 6.92 Å². The third-order valence-corrected chi connectivity index (χ3v) is 5.23. The fraction of sp³-hybridized carbons (Fsp3) is 0.115. The van der Waals surface area contributed by atoms with Gasteiger partial charge in [-0.05, 0) is 48.9 Å². The lowest BCUT2D eigenvalue weighted by molar-refractivity contribution is -0.122. The lowest BCUT2D eigenvalue weighted by Gasteiger charge is -2.26. The molecule has 3 aromatic carbocycles. The van der Waals surface area contributed by atoms with E-state index in [-0.39, 0.29) is 18.0 Å². The molecule has 4 amide bonds. The van der Waals surface area contributed by atoms with Crippen molar-refractivity contribution < 1.29 is 28.2 Å². The van der Waals surface area contributed by atoms with Crippen molar-refractivity contribution in [2.24, 2.45) is 0 Å². The number of nitrogens with one attached hydrogen (secondary N) is 1. The number of methoxy groups -OCH3 is 1. The van der Waals surface area contributed by atoms with E-state index in [1.165, 1.54) is 19.3 Å². The Kier molecular flexibility index (Phi) is 6.40. The molecule has 34 heavy (non-hydrogen) atoms. The van der Waals surface area contributed by atoms with Crippen molar-refractivity contribution in [3.8, 4) is 11.5 Å². The summed E-state index contributed by atoms with van der Waals surface area (Å²) in [5.41, 5.74) is 1.97. The number of hydrogen-bond donors (Lipinski definition) is 1. The first-order chi connectivity index (χ1) is 16.4. The molecule has 0 aromatic heterocycles. The second-order valence-electron chi connectivity index (χ2n) is 7.58. The van der Waals surface area contributed by atoms with E-state index < -0.39 is 17.8 Å². The number of urea groups is 1. The van der Waals surface area contributed by atoms with Crippen LogP contribution in [-0.4, -0.2) is 25.0 Å².